The summed E-state index contributed by atoms with van der Waals surface area (Å²) >= 11 is 0. The van der Waals surface area contributed by atoms with Crippen LogP contribution in [0.5, 0.6) is 11.5 Å². The largest absolute Gasteiger partial charge is 0.496 e. The number of carboxylic acid groups (broad SMARTS) is 1. The number of rotatable bonds is 5. The average Bonchev–Trinajstić information content (AvgIpc) is 3.07. The molecule has 1 aromatic rings. The molecule has 0 aromatic heterocycles. The van der Waals surface area contributed by atoms with Crippen LogP contribution in [0.1, 0.15) is 54.7 Å². The molecule has 1 saturated carbocycles. The Balaban J connectivity index is 2.09. The fraction of sp³-hybridized carbons (Fsp3) is 0.588. The SMILES string of the molecule is COc1cc(CC(C)C(=O)O)c(OC)c2c1C1CCC2C1. The number of methoxy groups -OCH3 is 2. The summed E-state index contributed by atoms with van der Waals surface area (Å²) in [6.07, 6.45) is 4.08. The van der Waals surface area contributed by atoms with Crippen molar-refractivity contribution in [2.75, 3.05) is 14.2 Å². The molecule has 2 aliphatic carbocycles. The highest BCUT2D eigenvalue weighted by atomic mass is 16.5. The summed E-state index contributed by atoms with van der Waals surface area (Å²) in [5, 5.41) is 9.16. The van der Waals surface area contributed by atoms with Crippen LogP contribution in [0.15, 0.2) is 6.07 Å². The highest BCUT2D eigenvalue weighted by Gasteiger charge is 2.42. The van der Waals surface area contributed by atoms with Crippen molar-refractivity contribution < 1.29 is 19.4 Å². The van der Waals surface area contributed by atoms with Crippen molar-refractivity contribution in [1.82, 2.24) is 0 Å². The summed E-state index contributed by atoms with van der Waals surface area (Å²) in [7, 11) is 3.38. The highest BCUT2D eigenvalue weighted by Crippen LogP contribution is 2.59. The lowest BCUT2D eigenvalue weighted by Gasteiger charge is -2.24. The van der Waals surface area contributed by atoms with E-state index in [2.05, 4.69) is 0 Å². The van der Waals surface area contributed by atoms with Gasteiger partial charge in [0.2, 0.25) is 0 Å². The van der Waals surface area contributed by atoms with Crippen molar-refractivity contribution >= 4 is 5.97 Å². The predicted molar refractivity (Wildman–Crippen MR) is 79.4 cm³/mol. The van der Waals surface area contributed by atoms with Crippen LogP contribution in [-0.2, 0) is 11.2 Å². The van der Waals surface area contributed by atoms with E-state index in [9.17, 15) is 4.79 Å². The van der Waals surface area contributed by atoms with E-state index in [1.165, 1.54) is 30.4 Å². The fourth-order valence-corrected chi connectivity index (χ4v) is 4.04. The smallest absolute Gasteiger partial charge is 0.306 e. The Morgan fingerprint density at radius 1 is 1.29 bits per heavy atom. The quantitative estimate of drug-likeness (QED) is 0.903. The first-order valence-corrected chi connectivity index (χ1v) is 7.57. The van der Waals surface area contributed by atoms with Gasteiger partial charge in [-0.05, 0) is 49.1 Å². The Morgan fingerprint density at radius 2 is 1.95 bits per heavy atom. The van der Waals surface area contributed by atoms with Gasteiger partial charge in [0.1, 0.15) is 11.5 Å². The molecule has 3 rings (SSSR count). The van der Waals surface area contributed by atoms with Crippen molar-refractivity contribution in [3.05, 3.63) is 22.8 Å². The maximum absolute atomic E-state index is 11.1. The second-order valence-electron chi connectivity index (χ2n) is 6.25. The summed E-state index contributed by atoms with van der Waals surface area (Å²) in [6.45, 7) is 1.73. The zero-order valence-electron chi connectivity index (χ0n) is 12.8. The van der Waals surface area contributed by atoms with E-state index in [-0.39, 0.29) is 0 Å². The summed E-state index contributed by atoms with van der Waals surface area (Å²) in [4.78, 5) is 11.1. The fourth-order valence-electron chi connectivity index (χ4n) is 4.04. The maximum Gasteiger partial charge on any atom is 0.306 e. The predicted octanol–water partition coefficient (Wildman–Crippen LogP) is 3.33. The molecule has 3 atom stereocenters. The topological polar surface area (TPSA) is 55.8 Å². The van der Waals surface area contributed by atoms with E-state index in [4.69, 9.17) is 14.6 Å². The molecule has 0 aliphatic heterocycles. The second kappa shape index (κ2) is 5.24. The third-order valence-corrected chi connectivity index (χ3v) is 5.02. The van der Waals surface area contributed by atoms with Crippen LogP contribution < -0.4 is 9.47 Å². The Labute approximate surface area is 125 Å². The van der Waals surface area contributed by atoms with E-state index in [0.29, 0.717) is 18.3 Å². The number of aliphatic carboxylic acids is 1. The number of hydrogen-bond acceptors (Lipinski definition) is 3. The molecule has 0 heterocycles. The molecule has 4 nitrogen and oxygen atoms in total. The van der Waals surface area contributed by atoms with Gasteiger partial charge >= 0.3 is 5.97 Å². The standard InChI is InChI=1S/C17H22O4/c1-9(17(18)19)6-12-8-13(20-2)14-10-4-5-11(7-10)15(14)16(12)21-3/h8-11H,4-7H2,1-3H3,(H,18,19). The molecule has 2 bridgehead atoms. The Hall–Kier alpha value is -1.71. The normalized spacial score (nSPS) is 23.8. The number of ether oxygens (including phenoxy) is 2. The molecule has 0 radical (unpaired) electrons. The lowest BCUT2D eigenvalue weighted by Crippen LogP contribution is -2.14. The van der Waals surface area contributed by atoms with Gasteiger partial charge in [-0.2, -0.15) is 0 Å². The summed E-state index contributed by atoms with van der Waals surface area (Å²) in [6, 6.07) is 1.98. The zero-order valence-corrected chi connectivity index (χ0v) is 12.8. The number of carbonyl (C=O) groups is 1. The summed E-state index contributed by atoms with van der Waals surface area (Å²) in [5.74, 6) is 1.73. The average molecular weight is 290 g/mol. The molecule has 3 unspecified atom stereocenters. The molecule has 1 aromatic carbocycles. The van der Waals surface area contributed by atoms with Crippen LogP contribution in [0, 0.1) is 5.92 Å². The monoisotopic (exact) mass is 290 g/mol. The van der Waals surface area contributed by atoms with Crippen LogP contribution >= 0.6 is 0 Å². The first kappa shape index (κ1) is 14.2. The molecular formula is C17H22O4. The van der Waals surface area contributed by atoms with Gasteiger partial charge in [-0.1, -0.05) is 6.92 Å². The van der Waals surface area contributed by atoms with E-state index in [0.717, 1.165) is 17.1 Å². The Kier molecular flexibility index (Phi) is 3.56. The van der Waals surface area contributed by atoms with Crippen LogP contribution in [0.4, 0.5) is 0 Å². The Morgan fingerprint density at radius 3 is 2.52 bits per heavy atom. The van der Waals surface area contributed by atoms with Crippen LogP contribution in [0.3, 0.4) is 0 Å². The molecule has 1 N–H and O–H groups in total. The van der Waals surface area contributed by atoms with Crippen molar-refractivity contribution in [1.29, 1.82) is 0 Å². The van der Waals surface area contributed by atoms with Gasteiger partial charge in [-0.3, -0.25) is 4.79 Å². The van der Waals surface area contributed by atoms with Crippen molar-refractivity contribution in [3.8, 4) is 11.5 Å². The van der Waals surface area contributed by atoms with Crippen molar-refractivity contribution in [3.63, 3.8) is 0 Å². The molecule has 4 heteroatoms. The maximum atomic E-state index is 11.1. The van der Waals surface area contributed by atoms with Crippen molar-refractivity contribution in [2.45, 2.75) is 44.4 Å². The van der Waals surface area contributed by atoms with Gasteiger partial charge in [0.15, 0.2) is 0 Å². The molecular weight excluding hydrogens is 268 g/mol. The van der Waals surface area contributed by atoms with E-state index >= 15 is 0 Å². The number of carboxylic acids is 1. The minimum absolute atomic E-state index is 0.430. The van der Waals surface area contributed by atoms with Gasteiger partial charge in [-0.15, -0.1) is 0 Å². The van der Waals surface area contributed by atoms with E-state index in [1.54, 1.807) is 21.1 Å². The number of hydrogen-bond donors (Lipinski definition) is 1. The molecule has 0 amide bonds. The minimum Gasteiger partial charge on any atom is -0.496 e. The van der Waals surface area contributed by atoms with Crippen LogP contribution in [-0.4, -0.2) is 25.3 Å². The molecule has 0 saturated heterocycles. The van der Waals surface area contributed by atoms with Gasteiger partial charge < -0.3 is 14.6 Å². The first-order valence-electron chi connectivity index (χ1n) is 7.57. The summed E-state index contributed by atoms with van der Waals surface area (Å²) in [5.41, 5.74) is 3.54. The third-order valence-electron chi connectivity index (χ3n) is 5.02. The van der Waals surface area contributed by atoms with Gasteiger partial charge in [-0.25, -0.2) is 0 Å². The van der Waals surface area contributed by atoms with E-state index < -0.39 is 11.9 Å². The van der Waals surface area contributed by atoms with E-state index in [1.807, 2.05) is 6.07 Å². The van der Waals surface area contributed by atoms with Gasteiger partial charge in [0, 0.05) is 11.1 Å². The van der Waals surface area contributed by atoms with Gasteiger partial charge in [0.05, 0.1) is 20.1 Å². The number of fused-ring (bicyclic) bond motifs is 5. The molecule has 2 aliphatic rings. The van der Waals surface area contributed by atoms with Crippen LogP contribution in [0.2, 0.25) is 0 Å². The lowest BCUT2D eigenvalue weighted by atomic mass is 9.86. The first-order chi connectivity index (χ1) is 10.1. The van der Waals surface area contributed by atoms with Crippen molar-refractivity contribution in [2.24, 2.45) is 5.92 Å². The Bertz CT molecular complexity index is 579. The highest BCUT2D eigenvalue weighted by molar-refractivity contribution is 5.70. The molecule has 0 spiro atoms. The lowest BCUT2D eigenvalue weighted by molar-refractivity contribution is -0.141. The zero-order chi connectivity index (χ0) is 15.1. The van der Waals surface area contributed by atoms with Crippen LogP contribution in [0.25, 0.3) is 0 Å². The minimum atomic E-state index is -0.780. The number of benzene rings is 1. The third kappa shape index (κ3) is 2.17. The molecule has 114 valence electrons. The molecule has 21 heavy (non-hydrogen) atoms. The summed E-state index contributed by atoms with van der Waals surface area (Å²) < 4.78 is 11.3. The second-order valence-corrected chi connectivity index (χ2v) is 6.25. The molecule has 1 fully saturated rings. The van der Waals surface area contributed by atoms with Gasteiger partial charge in [0.25, 0.3) is 0 Å².